The van der Waals surface area contributed by atoms with Crippen LogP contribution in [0, 0.1) is 11.7 Å². The van der Waals surface area contributed by atoms with E-state index in [0.29, 0.717) is 13.0 Å². The first kappa shape index (κ1) is 12.5. The Morgan fingerprint density at radius 1 is 1.59 bits per heavy atom. The van der Waals surface area contributed by atoms with Gasteiger partial charge in [0.2, 0.25) is 5.28 Å². The molecule has 2 rings (SSSR count). The van der Waals surface area contributed by atoms with Gasteiger partial charge in [-0.25, -0.2) is 17.8 Å². The third-order valence-electron chi connectivity index (χ3n) is 2.60. The lowest BCUT2D eigenvalue weighted by Gasteiger charge is -2.10. The predicted molar refractivity (Wildman–Crippen MR) is 62.3 cm³/mol. The van der Waals surface area contributed by atoms with Crippen LogP contribution < -0.4 is 5.32 Å². The summed E-state index contributed by atoms with van der Waals surface area (Å²) in [6.45, 7) is 0.365. The van der Waals surface area contributed by atoms with Crippen molar-refractivity contribution in [3.8, 4) is 0 Å². The highest BCUT2D eigenvalue weighted by Crippen LogP contribution is 2.19. The summed E-state index contributed by atoms with van der Waals surface area (Å²) in [5.74, 6) is -0.259. The van der Waals surface area contributed by atoms with Crippen molar-refractivity contribution in [1.82, 2.24) is 9.97 Å². The molecule has 1 saturated heterocycles. The Morgan fingerprint density at radius 2 is 2.35 bits per heavy atom. The van der Waals surface area contributed by atoms with Crippen LogP contribution in [0.25, 0.3) is 0 Å². The summed E-state index contributed by atoms with van der Waals surface area (Å²) in [6, 6.07) is 0. The molecule has 1 atom stereocenters. The molecule has 1 fully saturated rings. The molecule has 2 heterocycles. The monoisotopic (exact) mass is 279 g/mol. The van der Waals surface area contributed by atoms with E-state index in [1.165, 1.54) is 0 Å². The first-order valence-corrected chi connectivity index (χ1v) is 7.28. The molecule has 1 unspecified atom stereocenters. The maximum absolute atomic E-state index is 13.2. The standard InChI is InChI=1S/C9H11ClFN3O2S/c10-9-13-4-7(11)8(14-9)12-3-6-1-2-17(15,16)5-6/h4,6H,1-3,5H2,(H,12,13,14). The molecule has 0 aromatic carbocycles. The Kier molecular flexibility index (Phi) is 3.48. The molecular formula is C9H11ClFN3O2S. The summed E-state index contributed by atoms with van der Waals surface area (Å²) >= 11 is 5.53. The number of hydrogen-bond donors (Lipinski definition) is 1. The van der Waals surface area contributed by atoms with Crippen molar-refractivity contribution in [2.24, 2.45) is 5.92 Å². The van der Waals surface area contributed by atoms with Crippen LogP contribution in [0.2, 0.25) is 5.28 Å². The number of nitrogens with zero attached hydrogens (tertiary/aromatic N) is 2. The van der Waals surface area contributed by atoms with Gasteiger partial charge in [0.15, 0.2) is 21.5 Å². The van der Waals surface area contributed by atoms with Crippen LogP contribution in [0.15, 0.2) is 6.20 Å². The third kappa shape index (κ3) is 3.26. The molecular weight excluding hydrogens is 269 g/mol. The lowest BCUT2D eigenvalue weighted by atomic mass is 10.1. The van der Waals surface area contributed by atoms with E-state index in [1.807, 2.05) is 0 Å². The molecule has 1 aliphatic rings. The fraction of sp³-hybridized carbons (Fsp3) is 0.556. The van der Waals surface area contributed by atoms with Crippen molar-refractivity contribution in [2.75, 3.05) is 23.4 Å². The topological polar surface area (TPSA) is 72.0 Å². The highest BCUT2D eigenvalue weighted by molar-refractivity contribution is 7.91. The van der Waals surface area contributed by atoms with Gasteiger partial charge in [-0.1, -0.05) is 0 Å². The lowest BCUT2D eigenvalue weighted by molar-refractivity contribution is 0.591. The van der Waals surface area contributed by atoms with E-state index in [-0.39, 0.29) is 28.5 Å². The molecule has 1 aromatic rings. The van der Waals surface area contributed by atoms with Crippen LogP contribution in [-0.4, -0.2) is 36.4 Å². The van der Waals surface area contributed by atoms with Crippen molar-refractivity contribution < 1.29 is 12.8 Å². The van der Waals surface area contributed by atoms with Crippen LogP contribution in [-0.2, 0) is 9.84 Å². The molecule has 1 N–H and O–H groups in total. The maximum atomic E-state index is 13.2. The molecule has 0 bridgehead atoms. The Balaban J connectivity index is 1.97. The van der Waals surface area contributed by atoms with Crippen molar-refractivity contribution in [2.45, 2.75) is 6.42 Å². The number of halogens is 2. The molecule has 0 radical (unpaired) electrons. The minimum absolute atomic E-state index is 0.00635. The van der Waals surface area contributed by atoms with Crippen LogP contribution in [0.4, 0.5) is 10.2 Å². The second kappa shape index (κ2) is 4.73. The number of anilines is 1. The molecule has 17 heavy (non-hydrogen) atoms. The molecule has 8 heteroatoms. The van der Waals surface area contributed by atoms with Gasteiger partial charge in [0.05, 0.1) is 17.7 Å². The fourth-order valence-electron chi connectivity index (χ4n) is 1.74. The number of nitrogens with one attached hydrogen (secondary N) is 1. The van der Waals surface area contributed by atoms with Crippen molar-refractivity contribution >= 4 is 27.3 Å². The third-order valence-corrected chi connectivity index (χ3v) is 4.62. The summed E-state index contributed by atoms with van der Waals surface area (Å²) in [5.41, 5.74) is 0. The predicted octanol–water partition coefficient (Wildman–Crippen LogP) is 1.12. The number of aromatic nitrogens is 2. The van der Waals surface area contributed by atoms with E-state index in [1.54, 1.807) is 0 Å². The zero-order chi connectivity index (χ0) is 12.5. The Labute approximate surface area is 103 Å². The zero-order valence-electron chi connectivity index (χ0n) is 8.86. The summed E-state index contributed by atoms with van der Waals surface area (Å²) < 4.78 is 35.7. The van der Waals surface area contributed by atoms with Gasteiger partial charge in [-0.2, -0.15) is 4.98 Å². The Bertz CT molecular complexity index is 523. The van der Waals surface area contributed by atoms with Gasteiger partial charge < -0.3 is 5.32 Å². The van der Waals surface area contributed by atoms with Crippen LogP contribution in [0.5, 0.6) is 0 Å². The maximum Gasteiger partial charge on any atom is 0.224 e. The fourth-order valence-corrected chi connectivity index (χ4v) is 3.74. The molecule has 0 saturated carbocycles. The van der Waals surface area contributed by atoms with E-state index < -0.39 is 15.7 Å². The molecule has 0 spiro atoms. The second-order valence-corrected chi connectivity index (χ2v) is 6.55. The smallest absolute Gasteiger partial charge is 0.224 e. The average molecular weight is 280 g/mol. The van der Waals surface area contributed by atoms with Crippen molar-refractivity contribution in [1.29, 1.82) is 0 Å². The number of hydrogen-bond acceptors (Lipinski definition) is 5. The lowest BCUT2D eigenvalue weighted by Crippen LogP contribution is -2.17. The molecule has 94 valence electrons. The van der Waals surface area contributed by atoms with Gasteiger partial charge in [0.1, 0.15) is 0 Å². The highest BCUT2D eigenvalue weighted by atomic mass is 35.5. The highest BCUT2D eigenvalue weighted by Gasteiger charge is 2.27. The Morgan fingerprint density at radius 3 is 3.00 bits per heavy atom. The van der Waals surface area contributed by atoms with E-state index in [4.69, 9.17) is 11.6 Å². The van der Waals surface area contributed by atoms with Gasteiger partial charge in [-0.15, -0.1) is 0 Å². The Hall–Kier alpha value is -0.950. The molecule has 0 aliphatic carbocycles. The van der Waals surface area contributed by atoms with E-state index in [2.05, 4.69) is 15.3 Å². The average Bonchev–Trinajstić information content (AvgIpc) is 2.60. The number of sulfone groups is 1. The van der Waals surface area contributed by atoms with Crippen molar-refractivity contribution in [3.63, 3.8) is 0 Å². The summed E-state index contributed by atoms with van der Waals surface area (Å²) in [7, 11) is -2.91. The first-order valence-electron chi connectivity index (χ1n) is 5.08. The van der Waals surface area contributed by atoms with Crippen molar-refractivity contribution in [3.05, 3.63) is 17.3 Å². The summed E-state index contributed by atoms with van der Waals surface area (Å²) in [4.78, 5) is 7.17. The summed E-state index contributed by atoms with van der Waals surface area (Å²) in [6.07, 6.45) is 1.57. The quantitative estimate of drug-likeness (QED) is 0.840. The van der Waals surface area contributed by atoms with Gasteiger partial charge in [0, 0.05) is 6.54 Å². The van der Waals surface area contributed by atoms with E-state index in [9.17, 15) is 12.8 Å². The SMILES string of the molecule is O=S1(=O)CCC(CNc2nc(Cl)ncc2F)C1. The molecule has 1 aliphatic heterocycles. The largest absolute Gasteiger partial charge is 0.367 e. The van der Waals surface area contributed by atoms with E-state index in [0.717, 1.165) is 6.20 Å². The van der Waals surface area contributed by atoms with Gasteiger partial charge in [-0.3, -0.25) is 0 Å². The molecule has 0 amide bonds. The summed E-state index contributed by atoms with van der Waals surface area (Å²) in [5, 5.41) is 2.71. The van der Waals surface area contributed by atoms with Gasteiger partial charge >= 0.3 is 0 Å². The van der Waals surface area contributed by atoms with Crippen LogP contribution in [0.1, 0.15) is 6.42 Å². The van der Waals surface area contributed by atoms with Gasteiger partial charge in [-0.05, 0) is 23.9 Å². The second-order valence-electron chi connectivity index (χ2n) is 3.99. The molecule has 1 aromatic heterocycles. The molecule has 5 nitrogen and oxygen atoms in total. The van der Waals surface area contributed by atoms with Crippen LogP contribution in [0.3, 0.4) is 0 Å². The normalized spacial score (nSPS) is 22.6. The van der Waals surface area contributed by atoms with Crippen LogP contribution >= 0.6 is 11.6 Å². The van der Waals surface area contributed by atoms with Gasteiger partial charge in [0.25, 0.3) is 0 Å². The minimum Gasteiger partial charge on any atom is -0.367 e. The number of rotatable bonds is 3. The minimum atomic E-state index is -2.91. The van der Waals surface area contributed by atoms with E-state index >= 15 is 0 Å². The first-order chi connectivity index (χ1) is 7.96. The zero-order valence-corrected chi connectivity index (χ0v) is 10.4.